The lowest BCUT2D eigenvalue weighted by molar-refractivity contribution is -0.121. The van der Waals surface area contributed by atoms with Crippen molar-refractivity contribution in [3.05, 3.63) is 93.7 Å². The number of ether oxygens (including phenoxy) is 1. The number of amides is 1. The van der Waals surface area contributed by atoms with E-state index in [1.54, 1.807) is 43.3 Å². The van der Waals surface area contributed by atoms with E-state index in [9.17, 15) is 9.90 Å². The van der Waals surface area contributed by atoms with E-state index < -0.39 is 5.92 Å². The van der Waals surface area contributed by atoms with Gasteiger partial charge in [-0.05, 0) is 47.5 Å². The summed E-state index contributed by atoms with van der Waals surface area (Å²) in [6, 6.07) is 18.3. The standard InChI is InChI=1S/C30H28Cl2N2O4S/c1-17(2)29-23(28(33-38-29)27-24(31)5-4-6-25(27)32)16-37-22-12-9-19(10-13-22)20-11-14-26(35)21(15-20)8-7-18(3)30(36)34-39/h4-15,17-18,35,39H,16H2,1-3H3,(H,34,36)/b8-7-. The topological polar surface area (TPSA) is 84.6 Å². The fraction of sp³-hybridized carbons (Fsp3) is 0.200. The molecule has 0 radical (unpaired) electrons. The van der Waals surface area contributed by atoms with E-state index >= 15 is 0 Å². The number of aromatic nitrogens is 1. The van der Waals surface area contributed by atoms with Crippen molar-refractivity contribution in [2.75, 3.05) is 0 Å². The highest BCUT2D eigenvalue weighted by atomic mass is 35.5. The lowest BCUT2D eigenvalue weighted by atomic mass is 10.0. The Morgan fingerprint density at radius 3 is 2.38 bits per heavy atom. The Morgan fingerprint density at radius 2 is 1.74 bits per heavy atom. The summed E-state index contributed by atoms with van der Waals surface area (Å²) < 4.78 is 14.1. The van der Waals surface area contributed by atoms with Crippen molar-refractivity contribution in [1.29, 1.82) is 0 Å². The number of carbonyl (C=O) groups excluding carboxylic acids is 1. The van der Waals surface area contributed by atoms with Crippen molar-refractivity contribution in [3.8, 4) is 33.9 Å². The first-order chi connectivity index (χ1) is 18.7. The molecule has 6 nitrogen and oxygen atoms in total. The van der Waals surface area contributed by atoms with Crippen LogP contribution in [0.3, 0.4) is 0 Å². The van der Waals surface area contributed by atoms with Crippen LogP contribution in [-0.4, -0.2) is 16.2 Å². The van der Waals surface area contributed by atoms with Crippen LogP contribution in [0.5, 0.6) is 11.5 Å². The van der Waals surface area contributed by atoms with Crippen LogP contribution < -0.4 is 9.46 Å². The predicted octanol–water partition coefficient (Wildman–Crippen LogP) is 8.33. The van der Waals surface area contributed by atoms with E-state index in [1.165, 1.54) is 0 Å². The maximum absolute atomic E-state index is 11.7. The molecule has 39 heavy (non-hydrogen) atoms. The SMILES string of the molecule is CC(/C=C\c1cc(-c2ccc(OCc3c(-c4c(Cl)cccc4Cl)noc3C(C)C)cc2)ccc1O)C(=O)NS. The number of hydrogen-bond acceptors (Lipinski definition) is 6. The molecular weight excluding hydrogens is 555 g/mol. The lowest BCUT2D eigenvalue weighted by Crippen LogP contribution is -2.19. The molecule has 4 rings (SSSR count). The second-order valence-electron chi connectivity index (χ2n) is 9.34. The van der Waals surface area contributed by atoms with Gasteiger partial charge < -0.3 is 19.1 Å². The summed E-state index contributed by atoms with van der Waals surface area (Å²) in [4.78, 5) is 11.7. The molecule has 2 N–H and O–H groups in total. The molecule has 0 aliphatic carbocycles. The summed E-state index contributed by atoms with van der Waals surface area (Å²) in [6.07, 6.45) is 3.43. The Kier molecular flexibility index (Phi) is 9.28. The van der Waals surface area contributed by atoms with Gasteiger partial charge >= 0.3 is 0 Å². The molecule has 9 heteroatoms. The number of benzene rings is 3. The monoisotopic (exact) mass is 582 g/mol. The number of rotatable bonds is 9. The maximum Gasteiger partial charge on any atom is 0.236 e. The fourth-order valence-corrected chi connectivity index (χ4v) is 4.82. The second-order valence-corrected chi connectivity index (χ2v) is 10.4. The average molecular weight is 584 g/mol. The van der Waals surface area contributed by atoms with Gasteiger partial charge in [0.15, 0.2) is 0 Å². The van der Waals surface area contributed by atoms with Gasteiger partial charge in [0.1, 0.15) is 29.6 Å². The van der Waals surface area contributed by atoms with Crippen molar-refractivity contribution >= 4 is 48.0 Å². The summed E-state index contributed by atoms with van der Waals surface area (Å²) in [5, 5.41) is 15.5. The summed E-state index contributed by atoms with van der Waals surface area (Å²) in [5.74, 6) is 0.964. The number of nitrogens with zero attached hydrogens (tertiary/aromatic N) is 1. The van der Waals surface area contributed by atoms with E-state index in [0.29, 0.717) is 38.4 Å². The Bertz CT molecular complexity index is 1480. The molecule has 1 aromatic heterocycles. The van der Waals surface area contributed by atoms with Crippen LogP contribution in [0.1, 0.15) is 43.6 Å². The van der Waals surface area contributed by atoms with Gasteiger partial charge in [0, 0.05) is 17.0 Å². The summed E-state index contributed by atoms with van der Waals surface area (Å²) >= 11 is 16.7. The summed E-state index contributed by atoms with van der Waals surface area (Å²) in [6.45, 7) is 6.01. The van der Waals surface area contributed by atoms with E-state index in [1.807, 2.05) is 50.2 Å². The number of aromatic hydroxyl groups is 1. The highest BCUT2D eigenvalue weighted by Crippen LogP contribution is 2.39. The van der Waals surface area contributed by atoms with Gasteiger partial charge in [0.2, 0.25) is 5.91 Å². The van der Waals surface area contributed by atoms with E-state index in [4.69, 9.17) is 32.5 Å². The molecule has 0 fully saturated rings. The minimum atomic E-state index is -0.391. The zero-order valence-electron chi connectivity index (χ0n) is 21.6. The van der Waals surface area contributed by atoms with Crippen molar-refractivity contribution < 1.29 is 19.2 Å². The minimum Gasteiger partial charge on any atom is -0.507 e. The van der Waals surface area contributed by atoms with E-state index in [-0.39, 0.29) is 24.2 Å². The predicted molar refractivity (Wildman–Crippen MR) is 159 cm³/mol. The zero-order chi connectivity index (χ0) is 28.1. The number of thiol groups is 1. The van der Waals surface area contributed by atoms with Crippen molar-refractivity contribution in [3.63, 3.8) is 0 Å². The molecular formula is C30H28Cl2N2O4S. The smallest absolute Gasteiger partial charge is 0.236 e. The number of nitrogens with one attached hydrogen (secondary N) is 1. The molecule has 1 heterocycles. The van der Waals surface area contributed by atoms with Crippen LogP contribution in [0.25, 0.3) is 28.5 Å². The van der Waals surface area contributed by atoms with Crippen LogP contribution in [0.4, 0.5) is 0 Å². The number of phenols is 1. The van der Waals surface area contributed by atoms with E-state index in [0.717, 1.165) is 16.7 Å². The first kappa shape index (κ1) is 28.6. The Morgan fingerprint density at radius 1 is 1.08 bits per heavy atom. The van der Waals surface area contributed by atoms with Crippen LogP contribution in [0.2, 0.25) is 10.0 Å². The van der Waals surface area contributed by atoms with Crippen molar-refractivity contribution in [2.24, 2.45) is 5.92 Å². The second kappa shape index (κ2) is 12.6. The molecule has 0 saturated heterocycles. The molecule has 0 spiro atoms. The quantitative estimate of drug-likeness (QED) is 0.173. The molecule has 1 unspecified atom stereocenters. The third kappa shape index (κ3) is 6.61. The Labute approximate surface area is 243 Å². The van der Waals surface area contributed by atoms with Crippen molar-refractivity contribution in [1.82, 2.24) is 9.88 Å². The molecule has 0 aliphatic rings. The number of carbonyl (C=O) groups is 1. The molecule has 1 atom stereocenters. The number of phenolic OH excluding ortho intramolecular Hbond substituents is 1. The highest BCUT2D eigenvalue weighted by Gasteiger charge is 2.23. The van der Waals surface area contributed by atoms with Crippen LogP contribution in [-0.2, 0) is 11.4 Å². The first-order valence-corrected chi connectivity index (χ1v) is 13.5. The van der Waals surface area contributed by atoms with Crippen LogP contribution in [0.15, 0.2) is 71.3 Å². The average Bonchev–Trinajstić information content (AvgIpc) is 3.34. The molecule has 4 aromatic rings. The first-order valence-electron chi connectivity index (χ1n) is 12.3. The Hall–Kier alpha value is -3.39. The molecule has 1 amide bonds. The van der Waals surface area contributed by atoms with Gasteiger partial charge in [0.05, 0.1) is 21.5 Å². The number of hydrogen-bond donors (Lipinski definition) is 3. The van der Waals surface area contributed by atoms with Gasteiger partial charge in [-0.3, -0.25) is 4.79 Å². The maximum atomic E-state index is 11.7. The molecule has 0 saturated carbocycles. The summed E-state index contributed by atoms with van der Waals surface area (Å²) in [5.41, 5.74) is 4.42. The lowest BCUT2D eigenvalue weighted by Gasteiger charge is -2.11. The van der Waals surface area contributed by atoms with Gasteiger partial charge in [-0.25, -0.2) is 0 Å². The van der Waals surface area contributed by atoms with Gasteiger partial charge in [-0.2, -0.15) is 0 Å². The third-order valence-electron chi connectivity index (χ3n) is 6.23. The molecule has 0 aliphatic heterocycles. The minimum absolute atomic E-state index is 0.0847. The van der Waals surface area contributed by atoms with Crippen LogP contribution >= 0.6 is 36.0 Å². The summed E-state index contributed by atoms with van der Waals surface area (Å²) in [7, 11) is 0. The zero-order valence-corrected chi connectivity index (χ0v) is 24.0. The van der Waals surface area contributed by atoms with Gasteiger partial charge in [-0.1, -0.05) is 98.4 Å². The highest BCUT2D eigenvalue weighted by molar-refractivity contribution is 7.78. The van der Waals surface area contributed by atoms with Crippen molar-refractivity contribution in [2.45, 2.75) is 33.3 Å². The van der Waals surface area contributed by atoms with Gasteiger partial charge in [-0.15, -0.1) is 0 Å². The largest absolute Gasteiger partial charge is 0.507 e. The van der Waals surface area contributed by atoms with Crippen LogP contribution in [0, 0.1) is 5.92 Å². The number of halogens is 2. The normalized spacial score (nSPS) is 12.2. The fourth-order valence-electron chi connectivity index (χ4n) is 4.04. The molecule has 0 bridgehead atoms. The third-order valence-corrected chi connectivity index (χ3v) is 7.08. The van der Waals surface area contributed by atoms with Gasteiger partial charge in [0.25, 0.3) is 0 Å². The van der Waals surface area contributed by atoms with E-state index in [2.05, 4.69) is 22.7 Å². The molecule has 202 valence electrons. The molecule has 3 aromatic carbocycles. The Balaban J connectivity index is 1.54.